The first-order valence-electron chi connectivity index (χ1n) is 4.65. The van der Waals surface area contributed by atoms with Gasteiger partial charge < -0.3 is 0 Å². The zero-order valence-electron chi connectivity index (χ0n) is 8.08. The zero-order valence-corrected chi connectivity index (χ0v) is 8.98. The summed E-state index contributed by atoms with van der Waals surface area (Å²) in [5, 5.41) is 0. The van der Waals surface area contributed by atoms with Crippen LogP contribution in [0.3, 0.4) is 0 Å². The lowest BCUT2D eigenvalue weighted by Crippen LogP contribution is -2.29. The van der Waals surface area contributed by atoms with Crippen molar-refractivity contribution in [1.29, 1.82) is 0 Å². The van der Waals surface area contributed by atoms with Gasteiger partial charge in [-0.05, 0) is 19.3 Å². The van der Waals surface area contributed by atoms with Crippen LogP contribution in [0.1, 0.15) is 20.3 Å². The van der Waals surface area contributed by atoms with Gasteiger partial charge in [0.1, 0.15) is 0 Å². The summed E-state index contributed by atoms with van der Waals surface area (Å²) in [4.78, 5) is 2.50. The Labute approximate surface area is 81.2 Å². The molecule has 0 aromatic carbocycles. The minimum atomic E-state index is 0.733. The smallest absolute Gasteiger partial charge is 0.0201 e. The first-order valence-corrected chi connectivity index (χ1v) is 5.28. The molecule has 1 aliphatic rings. The van der Waals surface area contributed by atoms with E-state index in [1.807, 2.05) is 0 Å². The lowest BCUT2D eigenvalue weighted by atomic mass is 10.1. The number of nitrogens with zero attached hydrogens (tertiary/aromatic N) is 1. The molecule has 0 N–H and O–H groups in total. The topological polar surface area (TPSA) is 3.24 Å². The highest BCUT2D eigenvalue weighted by atomic mass is 32.1. The maximum atomic E-state index is 4.21. The van der Waals surface area contributed by atoms with Gasteiger partial charge in [-0.25, -0.2) is 0 Å². The predicted octanol–water partition coefficient (Wildman–Crippen LogP) is 2.20. The molecular weight excluding hydrogens is 166 g/mol. The summed E-state index contributed by atoms with van der Waals surface area (Å²) in [7, 11) is 0. The average Bonchev–Trinajstić information content (AvgIpc) is 2.30. The van der Waals surface area contributed by atoms with Crippen molar-refractivity contribution in [1.82, 2.24) is 4.90 Å². The molecule has 0 aliphatic carbocycles. The van der Waals surface area contributed by atoms with Gasteiger partial charge in [0.2, 0.25) is 0 Å². The summed E-state index contributed by atoms with van der Waals surface area (Å²) >= 11 is 4.21. The molecule has 70 valence electrons. The summed E-state index contributed by atoms with van der Waals surface area (Å²) in [6.45, 7) is 10.9. The van der Waals surface area contributed by atoms with Gasteiger partial charge in [-0.3, -0.25) is 4.90 Å². The summed E-state index contributed by atoms with van der Waals surface area (Å²) in [5.41, 5.74) is 1.24. The Morgan fingerprint density at radius 3 is 2.67 bits per heavy atom. The summed E-state index contributed by atoms with van der Waals surface area (Å²) in [5.74, 6) is 1.67. The van der Waals surface area contributed by atoms with Gasteiger partial charge >= 0.3 is 0 Å². The Hall–Kier alpha value is 0.0500. The largest absolute Gasteiger partial charge is 0.296 e. The van der Waals surface area contributed by atoms with Gasteiger partial charge in [0.25, 0.3) is 0 Å². The molecule has 0 spiro atoms. The monoisotopic (exact) mass is 185 g/mol. The van der Waals surface area contributed by atoms with E-state index in [1.165, 1.54) is 18.5 Å². The van der Waals surface area contributed by atoms with Crippen molar-refractivity contribution in [3.63, 3.8) is 0 Å². The molecule has 0 aromatic heterocycles. The summed E-state index contributed by atoms with van der Waals surface area (Å²) < 4.78 is 0. The number of likely N-dealkylation sites (tertiary alicyclic amines) is 1. The van der Waals surface area contributed by atoms with Crippen LogP contribution in [-0.4, -0.2) is 29.8 Å². The van der Waals surface area contributed by atoms with Gasteiger partial charge in [0, 0.05) is 24.9 Å². The van der Waals surface area contributed by atoms with E-state index in [9.17, 15) is 0 Å². The molecule has 1 fully saturated rings. The third-order valence-corrected chi connectivity index (χ3v) is 3.01. The second-order valence-electron chi connectivity index (χ2n) is 4.03. The van der Waals surface area contributed by atoms with Crippen molar-refractivity contribution in [3.05, 3.63) is 12.2 Å². The molecule has 2 unspecified atom stereocenters. The van der Waals surface area contributed by atoms with E-state index in [1.54, 1.807) is 0 Å². The maximum absolute atomic E-state index is 4.21. The van der Waals surface area contributed by atoms with E-state index < -0.39 is 0 Å². The van der Waals surface area contributed by atoms with Crippen LogP contribution in [0.5, 0.6) is 0 Å². The highest BCUT2D eigenvalue weighted by molar-refractivity contribution is 7.80. The van der Waals surface area contributed by atoms with Crippen LogP contribution in [-0.2, 0) is 0 Å². The van der Waals surface area contributed by atoms with Crippen molar-refractivity contribution >= 4 is 12.6 Å². The number of rotatable bonds is 3. The molecule has 0 amide bonds. The third-order valence-electron chi connectivity index (χ3n) is 2.56. The van der Waals surface area contributed by atoms with E-state index in [4.69, 9.17) is 0 Å². The second-order valence-corrected chi connectivity index (χ2v) is 4.34. The fraction of sp³-hybridized carbons (Fsp3) is 0.800. The summed E-state index contributed by atoms with van der Waals surface area (Å²) in [6.07, 6.45) is 1.33. The lowest BCUT2D eigenvalue weighted by Gasteiger charge is -2.21. The van der Waals surface area contributed by atoms with Gasteiger partial charge in [-0.15, -0.1) is 0 Å². The normalized spacial score (nSPS) is 30.9. The highest BCUT2D eigenvalue weighted by Crippen LogP contribution is 2.22. The highest BCUT2D eigenvalue weighted by Gasteiger charge is 2.25. The van der Waals surface area contributed by atoms with E-state index in [0.29, 0.717) is 0 Å². The maximum Gasteiger partial charge on any atom is 0.0201 e. The van der Waals surface area contributed by atoms with Crippen molar-refractivity contribution in [3.8, 4) is 0 Å². The summed E-state index contributed by atoms with van der Waals surface area (Å²) in [6, 6.07) is 0.733. The fourth-order valence-corrected chi connectivity index (χ4v) is 2.04. The number of hydrogen-bond acceptors (Lipinski definition) is 2. The first-order chi connectivity index (χ1) is 5.63. The minimum absolute atomic E-state index is 0.733. The molecule has 0 saturated carbocycles. The van der Waals surface area contributed by atoms with E-state index in [0.717, 1.165) is 24.3 Å². The predicted molar refractivity (Wildman–Crippen MR) is 57.8 cm³/mol. The third kappa shape index (κ3) is 2.53. The molecule has 1 aliphatic heterocycles. The van der Waals surface area contributed by atoms with E-state index in [2.05, 4.69) is 38.0 Å². The van der Waals surface area contributed by atoms with Crippen LogP contribution in [0.25, 0.3) is 0 Å². The van der Waals surface area contributed by atoms with Crippen LogP contribution >= 0.6 is 12.6 Å². The van der Waals surface area contributed by atoms with Crippen LogP contribution in [0.15, 0.2) is 12.2 Å². The Morgan fingerprint density at radius 1 is 1.58 bits per heavy atom. The number of thiol groups is 1. The number of hydrogen-bond donors (Lipinski definition) is 1. The Balaban J connectivity index is 2.37. The van der Waals surface area contributed by atoms with E-state index >= 15 is 0 Å². The Morgan fingerprint density at radius 2 is 2.25 bits per heavy atom. The quantitative estimate of drug-likeness (QED) is 0.521. The molecule has 1 rings (SSSR count). The molecule has 1 saturated heterocycles. The van der Waals surface area contributed by atoms with Crippen LogP contribution in [0.4, 0.5) is 0 Å². The molecular formula is C10H19NS. The SMILES string of the molecule is C=C(CS)CN1CC(C)CC1C. The van der Waals surface area contributed by atoms with Crippen LogP contribution in [0.2, 0.25) is 0 Å². The van der Waals surface area contributed by atoms with Crippen molar-refractivity contribution in [2.75, 3.05) is 18.8 Å². The molecule has 12 heavy (non-hydrogen) atoms. The van der Waals surface area contributed by atoms with Crippen molar-refractivity contribution in [2.45, 2.75) is 26.3 Å². The molecule has 1 heterocycles. The Kier molecular flexibility index (Phi) is 3.66. The molecule has 0 bridgehead atoms. The average molecular weight is 185 g/mol. The first kappa shape index (κ1) is 10.1. The van der Waals surface area contributed by atoms with E-state index in [-0.39, 0.29) is 0 Å². The second kappa shape index (κ2) is 4.33. The van der Waals surface area contributed by atoms with Gasteiger partial charge in [0.05, 0.1) is 0 Å². The molecule has 2 atom stereocenters. The molecule has 1 nitrogen and oxygen atoms in total. The van der Waals surface area contributed by atoms with Crippen molar-refractivity contribution in [2.24, 2.45) is 5.92 Å². The fourth-order valence-electron chi connectivity index (χ4n) is 1.94. The Bertz CT molecular complexity index is 167. The van der Waals surface area contributed by atoms with Gasteiger partial charge in [-0.2, -0.15) is 12.6 Å². The zero-order chi connectivity index (χ0) is 9.14. The molecule has 2 heteroatoms. The standard InChI is InChI=1S/C10H19NS/c1-8-4-10(3)11(5-8)6-9(2)7-12/h8,10,12H,2,4-7H2,1,3H3. The molecule has 0 radical (unpaired) electrons. The van der Waals surface area contributed by atoms with Crippen LogP contribution in [0, 0.1) is 5.92 Å². The lowest BCUT2D eigenvalue weighted by molar-refractivity contribution is 0.288. The van der Waals surface area contributed by atoms with Gasteiger partial charge in [-0.1, -0.05) is 19.1 Å². The van der Waals surface area contributed by atoms with Crippen molar-refractivity contribution < 1.29 is 0 Å². The van der Waals surface area contributed by atoms with Gasteiger partial charge in [0.15, 0.2) is 0 Å². The molecule has 0 aromatic rings. The minimum Gasteiger partial charge on any atom is -0.296 e. The van der Waals surface area contributed by atoms with Crippen LogP contribution < -0.4 is 0 Å².